The summed E-state index contributed by atoms with van der Waals surface area (Å²) in [6, 6.07) is 0. The summed E-state index contributed by atoms with van der Waals surface area (Å²) in [4.78, 5) is 38.3. The second-order valence-corrected chi connectivity index (χ2v) is 21.6. The van der Waals surface area contributed by atoms with Crippen LogP contribution in [-0.4, -0.2) is 37.2 Å². The van der Waals surface area contributed by atoms with Gasteiger partial charge in [-0.25, -0.2) is 0 Å². The second-order valence-electron chi connectivity index (χ2n) is 21.6. The third kappa shape index (κ3) is 67.4. The Kier molecular flexibility index (Phi) is 64.9. The molecule has 0 aliphatic heterocycles. The zero-order valence-electron chi connectivity index (χ0n) is 53.4. The molecule has 0 aromatic heterocycles. The highest BCUT2D eigenvalue weighted by atomic mass is 16.6. The van der Waals surface area contributed by atoms with Crippen molar-refractivity contribution in [1.29, 1.82) is 0 Å². The van der Waals surface area contributed by atoms with Gasteiger partial charge in [0.2, 0.25) is 0 Å². The number of hydrogen-bond acceptors (Lipinski definition) is 6. The van der Waals surface area contributed by atoms with Gasteiger partial charge >= 0.3 is 17.9 Å². The zero-order chi connectivity index (χ0) is 59.9. The first-order chi connectivity index (χ1) is 41.0. The number of rotatable bonds is 59. The highest BCUT2D eigenvalue weighted by Crippen LogP contribution is 2.14. The molecule has 0 saturated heterocycles. The predicted octanol–water partition coefficient (Wildman–Crippen LogP) is 23.4. The van der Waals surface area contributed by atoms with Crippen molar-refractivity contribution in [3.05, 3.63) is 170 Å². The molecule has 0 bridgehead atoms. The van der Waals surface area contributed by atoms with Crippen LogP contribution in [0.5, 0.6) is 0 Å². The van der Waals surface area contributed by atoms with E-state index in [9.17, 15) is 14.4 Å². The lowest BCUT2D eigenvalue weighted by molar-refractivity contribution is -0.167. The molecular formula is C77H122O6. The second kappa shape index (κ2) is 69.3. The Labute approximate surface area is 511 Å². The van der Waals surface area contributed by atoms with Crippen molar-refractivity contribution in [1.82, 2.24) is 0 Å². The highest BCUT2D eigenvalue weighted by molar-refractivity contribution is 5.71. The van der Waals surface area contributed by atoms with Crippen molar-refractivity contribution in [3.63, 3.8) is 0 Å². The monoisotopic (exact) mass is 1140 g/mol. The van der Waals surface area contributed by atoms with Crippen molar-refractivity contribution >= 4 is 17.9 Å². The van der Waals surface area contributed by atoms with Gasteiger partial charge in [0, 0.05) is 19.3 Å². The molecule has 0 saturated carbocycles. The lowest BCUT2D eigenvalue weighted by Crippen LogP contribution is -2.30. The van der Waals surface area contributed by atoms with Gasteiger partial charge in [-0.3, -0.25) is 14.4 Å². The molecular weight excluding hydrogens is 1020 g/mol. The van der Waals surface area contributed by atoms with Crippen LogP contribution in [0, 0.1) is 0 Å². The van der Waals surface area contributed by atoms with Gasteiger partial charge < -0.3 is 14.2 Å². The van der Waals surface area contributed by atoms with Crippen LogP contribution >= 0.6 is 0 Å². The molecule has 6 nitrogen and oxygen atoms in total. The number of carbonyl (C=O) groups excluding carboxylic acids is 3. The van der Waals surface area contributed by atoms with Gasteiger partial charge in [-0.2, -0.15) is 0 Å². The Morgan fingerprint density at radius 1 is 0.253 bits per heavy atom. The molecule has 1 atom stereocenters. The minimum absolute atomic E-state index is 0.109. The summed E-state index contributed by atoms with van der Waals surface area (Å²) in [5, 5.41) is 0. The largest absolute Gasteiger partial charge is 0.462 e. The first-order valence-electron chi connectivity index (χ1n) is 33.6. The first-order valence-corrected chi connectivity index (χ1v) is 33.6. The molecule has 0 fully saturated rings. The van der Waals surface area contributed by atoms with Crippen molar-refractivity contribution in [3.8, 4) is 0 Å². The first kappa shape index (κ1) is 77.8. The zero-order valence-corrected chi connectivity index (χ0v) is 53.4. The van der Waals surface area contributed by atoms with Gasteiger partial charge in [-0.15, -0.1) is 0 Å². The summed E-state index contributed by atoms with van der Waals surface area (Å²) in [6.45, 7) is 6.41. The molecule has 0 rings (SSSR count). The molecule has 0 aliphatic rings. The summed E-state index contributed by atoms with van der Waals surface area (Å²) < 4.78 is 16.9. The van der Waals surface area contributed by atoms with Gasteiger partial charge in [0.1, 0.15) is 13.2 Å². The summed E-state index contributed by atoms with van der Waals surface area (Å²) >= 11 is 0. The van der Waals surface area contributed by atoms with Crippen molar-refractivity contribution in [2.45, 2.75) is 284 Å². The third-order valence-corrected chi connectivity index (χ3v) is 13.7. The molecule has 6 heteroatoms. The average molecular weight is 1140 g/mol. The quantitative estimate of drug-likeness (QED) is 0.0261. The van der Waals surface area contributed by atoms with Crippen molar-refractivity contribution in [2.24, 2.45) is 0 Å². The Balaban J connectivity index is 4.44. The summed E-state index contributed by atoms with van der Waals surface area (Å²) in [5.41, 5.74) is 0. The van der Waals surface area contributed by atoms with Crippen molar-refractivity contribution < 1.29 is 28.6 Å². The SMILES string of the molecule is CC/C=C\C/C=C\C/C=C\C/C=C\C/C=C\C/C=C\C/C=C\C/C=C\C/C=C\C/C=C\CCCCC(=O)OCC(COC(=O)CCCCCCC/C=C\C/C=C\CCCC)OC(=O)CCCCCCCCC/C=C\C/C=C\CCCCCC. The Hall–Kier alpha value is -5.23. The molecule has 466 valence electrons. The minimum atomic E-state index is -0.816. The van der Waals surface area contributed by atoms with Crippen LogP contribution < -0.4 is 0 Å². The van der Waals surface area contributed by atoms with E-state index in [2.05, 4.69) is 191 Å². The summed E-state index contributed by atoms with van der Waals surface area (Å²) in [6.07, 6.45) is 102. The van der Waals surface area contributed by atoms with E-state index in [0.717, 1.165) is 154 Å². The van der Waals surface area contributed by atoms with Crippen molar-refractivity contribution in [2.75, 3.05) is 13.2 Å². The van der Waals surface area contributed by atoms with Gasteiger partial charge in [0.05, 0.1) is 0 Å². The van der Waals surface area contributed by atoms with Crippen LogP contribution in [0.25, 0.3) is 0 Å². The smallest absolute Gasteiger partial charge is 0.306 e. The number of allylic oxidation sites excluding steroid dienone is 28. The molecule has 0 heterocycles. The lowest BCUT2D eigenvalue weighted by Gasteiger charge is -2.18. The summed E-state index contributed by atoms with van der Waals surface area (Å²) in [5.74, 6) is -0.978. The van der Waals surface area contributed by atoms with Crippen LogP contribution in [0.1, 0.15) is 278 Å². The molecule has 0 aliphatic carbocycles. The fraction of sp³-hybridized carbons (Fsp3) is 0.597. The van der Waals surface area contributed by atoms with E-state index < -0.39 is 6.10 Å². The van der Waals surface area contributed by atoms with Crippen LogP contribution in [0.15, 0.2) is 170 Å². The topological polar surface area (TPSA) is 78.9 Å². The van der Waals surface area contributed by atoms with E-state index in [1.807, 2.05) is 0 Å². The standard InChI is InChI=1S/C77H122O6/c1-4-7-10-13-16-19-22-25-28-30-32-33-34-35-36-37-38-39-40-41-42-43-44-45-46-48-49-52-55-58-61-64-67-70-76(79)82-73-74(72-81-75(78)69-66-63-60-57-54-51-27-24-21-18-15-12-9-6-3)83-77(80)71-68-65-62-59-56-53-50-47-31-29-26-23-20-17-14-11-8-5-2/h7,10,15-16,18-20,23-25,27-29,31-33,35-36,38-39,41-42,44-45,48-49,55,58,74H,4-6,8-9,11-14,17,21-22,26,30,34,37,40,43,46-47,50-54,56-57,59-73H2,1-3H3/b10-7-,18-15-,19-16-,23-20-,27-24-,28-25-,31-29-,33-32-,36-35-,39-38-,42-41-,45-44-,49-48-,58-55-. The fourth-order valence-corrected chi connectivity index (χ4v) is 8.63. The summed E-state index contributed by atoms with van der Waals surface area (Å²) in [7, 11) is 0. The number of ether oxygens (including phenoxy) is 3. The number of hydrogen-bond donors (Lipinski definition) is 0. The van der Waals surface area contributed by atoms with Crippen LogP contribution in [0.2, 0.25) is 0 Å². The van der Waals surface area contributed by atoms with E-state index in [-0.39, 0.29) is 31.1 Å². The molecule has 83 heavy (non-hydrogen) atoms. The molecule has 1 unspecified atom stereocenters. The normalized spacial score (nSPS) is 13.2. The Bertz CT molecular complexity index is 1890. The van der Waals surface area contributed by atoms with Gasteiger partial charge in [0.25, 0.3) is 0 Å². The van der Waals surface area contributed by atoms with E-state index in [1.165, 1.54) is 77.0 Å². The number of carbonyl (C=O) groups is 3. The molecule has 0 radical (unpaired) electrons. The molecule has 0 spiro atoms. The minimum Gasteiger partial charge on any atom is -0.462 e. The predicted molar refractivity (Wildman–Crippen MR) is 361 cm³/mol. The van der Waals surface area contributed by atoms with E-state index >= 15 is 0 Å². The highest BCUT2D eigenvalue weighted by Gasteiger charge is 2.19. The van der Waals surface area contributed by atoms with Crippen LogP contribution in [0.4, 0.5) is 0 Å². The van der Waals surface area contributed by atoms with Gasteiger partial charge in [-0.1, -0.05) is 274 Å². The van der Waals surface area contributed by atoms with E-state index in [1.54, 1.807) is 0 Å². The van der Waals surface area contributed by atoms with Gasteiger partial charge in [-0.05, 0) is 154 Å². The maximum absolute atomic E-state index is 12.9. The molecule has 0 N–H and O–H groups in total. The van der Waals surface area contributed by atoms with Crippen LogP contribution in [0.3, 0.4) is 0 Å². The Morgan fingerprint density at radius 2 is 0.482 bits per heavy atom. The number of esters is 3. The fourth-order valence-electron chi connectivity index (χ4n) is 8.63. The van der Waals surface area contributed by atoms with E-state index in [0.29, 0.717) is 25.7 Å². The van der Waals surface area contributed by atoms with Gasteiger partial charge in [0.15, 0.2) is 6.10 Å². The maximum atomic E-state index is 12.9. The maximum Gasteiger partial charge on any atom is 0.306 e. The molecule has 0 aromatic rings. The third-order valence-electron chi connectivity index (χ3n) is 13.7. The number of unbranched alkanes of at least 4 members (excludes halogenated alkanes) is 20. The molecule has 0 aromatic carbocycles. The van der Waals surface area contributed by atoms with E-state index in [4.69, 9.17) is 14.2 Å². The average Bonchev–Trinajstić information content (AvgIpc) is 3.49. The Morgan fingerprint density at radius 3 is 0.795 bits per heavy atom. The lowest BCUT2D eigenvalue weighted by atomic mass is 10.1. The molecule has 0 amide bonds. The van der Waals surface area contributed by atoms with Crippen LogP contribution in [-0.2, 0) is 28.6 Å².